The molecule has 5 nitrogen and oxygen atoms in total. The summed E-state index contributed by atoms with van der Waals surface area (Å²) < 4.78 is 2.32. The van der Waals surface area contributed by atoms with E-state index in [1.165, 1.54) is 18.4 Å². The molecule has 2 aliphatic rings. The maximum atomic E-state index is 12.6. The van der Waals surface area contributed by atoms with Crippen molar-refractivity contribution in [3.63, 3.8) is 0 Å². The molecule has 1 saturated carbocycles. The average molecular weight is 344 g/mol. The van der Waals surface area contributed by atoms with E-state index in [1.54, 1.807) is 0 Å². The van der Waals surface area contributed by atoms with E-state index in [1.807, 2.05) is 28.8 Å². The van der Waals surface area contributed by atoms with Gasteiger partial charge in [0.1, 0.15) is 5.82 Å². The van der Waals surface area contributed by atoms with Crippen LogP contribution >= 0.6 is 11.8 Å². The number of benzene rings is 1. The number of rotatable bonds is 3. The molecule has 1 aliphatic carbocycles. The van der Waals surface area contributed by atoms with Crippen LogP contribution < -0.4 is 5.32 Å². The fourth-order valence-electron chi connectivity index (χ4n) is 3.41. The zero-order valence-electron chi connectivity index (χ0n) is 14.1. The molecule has 2 fully saturated rings. The fraction of sp³-hybridized carbons (Fsp3) is 0.556. The Balaban J connectivity index is 1.50. The van der Waals surface area contributed by atoms with E-state index in [9.17, 15) is 4.79 Å². The van der Waals surface area contributed by atoms with Gasteiger partial charge in [-0.2, -0.15) is 11.8 Å². The zero-order chi connectivity index (χ0) is 16.5. The Hall–Kier alpha value is -1.69. The molecular weight excluding hydrogens is 320 g/mol. The van der Waals surface area contributed by atoms with E-state index in [2.05, 4.69) is 28.9 Å². The Morgan fingerprint density at radius 3 is 2.96 bits per heavy atom. The van der Waals surface area contributed by atoms with Gasteiger partial charge >= 0.3 is 6.03 Å². The molecule has 0 unspecified atom stereocenters. The molecule has 2 heterocycles. The number of aromatic nitrogens is 2. The molecule has 1 atom stereocenters. The lowest BCUT2D eigenvalue weighted by atomic mass is 10.2. The van der Waals surface area contributed by atoms with Crippen LogP contribution in [0.2, 0.25) is 0 Å². The van der Waals surface area contributed by atoms with E-state index in [0.29, 0.717) is 18.6 Å². The van der Waals surface area contributed by atoms with Gasteiger partial charge < -0.3 is 14.8 Å². The van der Waals surface area contributed by atoms with Gasteiger partial charge in [-0.25, -0.2) is 9.78 Å². The lowest BCUT2D eigenvalue weighted by Gasteiger charge is -2.27. The molecule has 4 rings (SSSR count). The summed E-state index contributed by atoms with van der Waals surface area (Å²) in [7, 11) is 0. The molecule has 1 saturated heterocycles. The van der Waals surface area contributed by atoms with Crippen molar-refractivity contribution in [2.45, 2.75) is 44.8 Å². The van der Waals surface area contributed by atoms with Crippen molar-refractivity contribution < 1.29 is 4.79 Å². The summed E-state index contributed by atoms with van der Waals surface area (Å²) in [4.78, 5) is 19.3. The lowest BCUT2D eigenvalue weighted by Crippen LogP contribution is -2.45. The van der Waals surface area contributed by atoms with Crippen LogP contribution in [0, 0.1) is 0 Å². The number of hydrogen-bond acceptors (Lipinski definition) is 3. The summed E-state index contributed by atoms with van der Waals surface area (Å²) in [5, 5.41) is 3.11. The number of carbonyl (C=O) groups is 1. The molecule has 0 bridgehead atoms. The number of imidazole rings is 1. The van der Waals surface area contributed by atoms with Crippen LogP contribution in [-0.2, 0) is 6.54 Å². The molecule has 24 heavy (non-hydrogen) atoms. The van der Waals surface area contributed by atoms with Crippen molar-refractivity contribution >= 4 is 28.8 Å². The van der Waals surface area contributed by atoms with E-state index < -0.39 is 0 Å². The maximum absolute atomic E-state index is 12.6. The van der Waals surface area contributed by atoms with Gasteiger partial charge in [0.15, 0.2) is 0 Å². The highest BCUT2D eigenvalue weighted by Gasteiger charge is 2.28. The van der Waals surface area contributed by atoms with Gasteiger partial charge in [-0.15, -0.1) is 0 Å². The topological polar surface area (TPSA) is 50.2 Å². The molecule has 1 aromatic heterocycles. The van der Waals surface area contributed by atoms with Crippen molar-refractivity contribution in [2.24, 2.45) is 0 Å². The second-order valence-corrected chi connectivity index (χ2v) is 7.94. The van der Waals surface area contributed by atoms with Gasteiger partial charge in [0, 0.05) is 24.4 Å². The van der Waals surface area contributed by atoms with Crippen LogP contribution in [0.4, 0.5) is 4.79 Å². The number of nitrogens with zero attached hydrogens (tertiary/aromatic N) is 3. The summed E-state index contributed by atoms with van der Waals surface area (Å²) in [6.07, 6.45) is 3.49. The number of fused-ring (bicyclic) bond motifs is 1. The quantitative estimate of drug-likeness (QED) is 0.928. The van der Waals surface area contributed by atoms with Crippen molar-refractivity contribution in [3.05, 3.63) is 30.1 Å². The first-order valence-corrected chi connectivity index (χ1v) is 9.97. The van der Waals surface area contributed by atoms with Crippen molar-refractivity contribution in [1.29, 1.82) is 0 Å². The molecule has 2 aromatic rings. The van der Waals surface area contributed by atoms with Crippen molar-refractivity contribution in [1.82, 2.24) is 19.8 Å². The highest BCUT2D eigenvalue weighted by molar-refractivity contribution is 7.99. The number of urea groups is 1. The van der Waals surface area contributed by atoms with Crippen molar-refractivity contribution in [2.75, 3.05) is 18.1 Å². The standard InChI is InChI=1S/C18H24N4OS/c1-13-8-10-24-11-9-21(13)18(23)19-12-17-20-15-4-2-3-5-16(15)22(17)14-6-7-14/h2-5,13-14H,6-12H2,1H3,(H,19,23)/t13-/m1/s1. The fourth-order valence-corrected chi connectivity index (χ4v) is 4.45. The van der Waals surface area contributed by atoms with E-state index in [4.69, 9.17) is 4.98 Å². The normalized spacial score (nSPS) is 21.7. The predicted octanol–water partition coefficient (Wildman–Crippen LogP) is 3.41. The van der Waals surface area contributed by atoms with Gasteiger partial charge in [-0.1, -0.05) is 12.1 Å². The smallest absolute Gasteiger partial charge is 0.318 e. The predicted molar refractivity (Wildman–Crippen MR) is 98.3 cm³/mol. The number of carbonyl (C=O) groups excluding carboxylic acids is 1. The van der Waals surface area contributed by atoms with Crippen LogP contribution in [0.5, 0.6) is 0 Å². The highest BCUT2D eigenvalue weighted by atomic mass is 32.2. The lowest BCUT2D eigenvalue weighted by molar-refractivity contribution is 0.182. The minimum Gasteiger partial charge on any atom is -0.331 e. The van der Waals surface area contributed by atoms with Gasteiger partial charge in [0.25, 0.3) is 0 Å². The summed E-state index contributed by atoms with van der Waals surface area (Å²) in [5.41, 5.74) is 2.21. The third-order valence-corrected chi connectivity index (χ3v) is 5.92. The molecule has 6 heteroatoms. The number of thioether (sulfide) groups is 1. The molecule has 128 valence electrons. The van der Waals surface area contributed by atoms with E-state index >= 15 is 0 Å². The average Bonchev–Trinajstić information content (AvgIpc) is 3.38. The Bertz CT molecular complexity index is 740. The molecule has 1 aliphatic heterocycles. The molecule has 0 radical (unpaired) electrons. The summed E-state index contributed by atoms with van der Waals surface area (Å²) in [5.74, 6) is 3.14. The number of hydrogen-bond donors (Lipinski definition) is 1. The Labute approximate surface area is 146 Å². The monoisotopic (exact) mass is 344 g/mol. The first-order chi connectivity index (χ1) is 11.7. The maximum Gasteiger partial charge on any atom is 0.318 e. The van der Waals surface area contributed by atoms with Crippen molar-refractivity contribution in [3.8, 4) is 0 Å². The molecule has 1 N–H and O–H groups in total. The second kappa shape index (κ2) is 6.67. The summed E-state index contributed by atoms with van der Waals surface area (Å²) in [6, 6.07) is 9.15. The number of para-hydroxylation sites is 2. The Morgan fingerprint density at radius 1 is 1.29 bits per heavy atom. The summed E-state index contributed by atoms with van der Waals surface area (Å²) in [6.45, 7) is 3.47. The van der Waals surface area contributed by atoms with Crippen LogP contribution in [0.1, 0.15) is 38.1 Å². The second-order valence-electron chi connectivity index (χ2n) is 6.72. The van der Waals surface area contributed by atoms with Gasteiger partial charge in [0.2, 0.25) is 0 Å². The minimum absolute atomic E-state index is 0.0411. The van der Waals surface area contributed by atoms with Gasteiger partial charge in [-0.3, -0.25) is 0 Å². The molecule has 2 amide bonds. The zero-order valence-corrected chi connectivity index (χ0v) is 14.9. The van der Waals surface area contributed by atoms with E-state index in [0.717, 1.165) is 35.8 Å². The van der Waals surface area contributed by atoms with Crippen LogP contribution in [0.15, 0.2) is 24.3 Å². The minimum atomic E-state index is 0.0411. The molecular formula is C18H24N4OS. The Kier molecular flexibility index (Phi) is 4.39. The third kappa shape index (κ3) is 3.11. The van der Waals surface area contributed by atoms with Crippen LogP contribution in [-0.4, -0.2) is 44.6 Å². The Morgan fingerprint density at radius 2 is 2.12 bits per heavy atom. The first-order valence-electron chi connectivity index (χ1n) is 8.82. The summed E-state index contributed by atoms with van der Waals surface area (Å²) >= 11 is 1.93. The van der Waals surface area contributed by atoms with Gasteiger partial charge in [-0.05, 0) is 44.1 Å². The van der Waals surface area contributed by atoms with E-state index in [-0.39, 0.29) is 6.03 Å². The molecule has 1 aromatic carbocycles. The highest BCUT2D eigenvalue weighted by Crippen LogP contribution is 2.38. The number of amides is 2. The van der Waals surface area contributed by atoms with Gasteiger partial charge in [0.05, 0.1) is 17.6 Å². The molecule has 0 spiro atoms. The third-order valence-electron chi connectivity index (χ3n) is 4.93. The SMILES string of the molecule is C[C@@H]1CCSCCN1C(=O)NCc1nc2ccccc2n1C1CC1. The van der Waals surface area contributed by atoms with Crippen LogP contribution in [0.25, 0.3) is 11.0 Å². The van der Waals surface area contributed by atoms with Crippen LogP contribution in [0.3, 0.4) is 0 Å². The first kappa shape index (κ1) is 15.8. The largest absolute Gasteiger partial charge is 0.331 e. The number of nitrogens with one attached hydrogen (secondary N) is 1.